The summed E-state index contributed by atoms with van der Waals surface area (Å²) in [6.07, 6.45) is -0.568. The average Bonchev–Trinajstić information content (AvgIpc) is 2.52. The number of ether oxygens (including phenoxy) is 2. The van der Waals surface area contributed by atoms with Crippen LogP contribution in [0.1, 0.15) is 12.5 Å². The Hall–Kier alpha value is -1.84. The van der Waals surface area contributed by atoms with E-state index in [0.29, 0.717) is 6.61 Å². The van der Waals surface area contributed by atoms with E-state index in [1.807, 2.05) is 67.6 Å². The molecule has 2 atom stereocenters. The van der Waals surface area contributed by atoms with Gasteiger partial charge in [0.15, 0.2) is 0 Å². The molecule has 2 rings (SSSR count). The van der Waals surface area contributed by atoms with E-state index in [-0.39, 0.29) is 18.8 Å². The van der Waals surface area contributed by atoms with E-state index in [2.05, 4.69) is 0 Å². The maximum Gasteiger partial charge on any atom is 0.147 e. The fourth-order valence-electron chi connectivity index (χ4n) is 1.86. The van der Waals surface area contributed by atoms with Gasteiger partial charge in [-0.15, -0.1) is 0 Å². The second kappa shape index (κ2) is 7.68. The second-order valence-corrected chi connectivity index (χ2v) is 4.65. The SMILES string of the molecule is C[C@@H](OCc1ccccc1)[C@H](CO)Oc1ccccc1. The minimum atomic E-state index is -0.374. The molecule has 0 amide bonds. The monoisotopic (exact) mass is 272 g/mol. The second-order valence-electron chi connectivity index (χ2n) is 4.65. The van der Waals surface area contributed by atoms with Gasteiger partial charge in [0.1, 0.15) is 11.9 Å². The number of hydrogen-bond acceptors (Lipinski definition) is 3. The van der Waals surface area contributed by atoms with Gasteiger partial charge in [-0.05, 0) is 24.6 Å². The molecule has 0 aliphatic heterocycles. The van der Waals surface area contributed by atoms with Crippen molar-refractivity contribution in [2.45, 2.75) is 25.7 Å². The third-order valence-corrected chi connectivity index (χ3v) is 3.09. The van der Waals surface area contributed by atoms with Gasteiger partial charge in [0.05, 0.1) is 19.3 Å². The molecule has 0 spiro atoms. The first-order valence-electron chi connectivity index (χ1n) is 6.77. The Bertz CT molecular complexity index is 484. The van der Waals surface area contributed by atoms with Gasteiger partial charge < -0.3 is 14.6 Å². The molecule has 0 heterocycles. The largest absolute Gasteiger partial charge is 0.485 e. The normalized spacial score (nSPS) is 13.7. The first kappa shape index (κ1) is 14.6. The van der Waals surface area contributed by atoms with E-state index >= 15 is 0 Å². The molecule has 0 fully saturated rings. The van der Waals surface area contributed by atoms with Crippen LogP contribution in [0.3, 0.4) is 0 Å². The van der Waals surface area contributed by atoms with Crippen molar-refractivity contribution in [2.75, 3.05) is 6.61 Å². The molecule has 0 aliphatic rings. The van der Waals surface area contributed by atoms with Crippen LogP contribution >= 0.6 is 0 Å². The van der Waals surface area contributed by atoms with Gasteiger partial charge in [-0.3, -0.25) is 0 Å². The molecule has 0 saturated heterocycles. The fraction of sp³-hybridized carbons (Fsp3) is 0.294. The van der Waals surface area contributed by atoms with Crippen molar-refractivity contribution in [2.24, 2.45) is 0 Å². The molecule has 2 aromatic rings. The molecular weight excluding hydrogens is 252 g/mol. The Balaban J connectivity index is 1.87. The van der Waals surface area contributed by atoms with Crippen LogP contribution in [0, 0.1) is 0 Å². The Kier molecular flexibility index (Phi) is 5.59. The summed E-state index contributed by atoms with van der Waals surface area (Å²) in [5.41, 5.74) is 1.11. The van der Waals surface area contributed by atoms with E-state index in [1.165, 1.54) is 0 Å². The quantitative estimate of drug-likeness (QED) is 0.842. The van der Waals surface area contributed by atoms with Gasteiger partial charge in [-0.25, -0.2) is 0 Å². The van der Waals surface area contributed by atoms with Gasteiger partial charge >= 0.3 is 0 Å². The van der Waals surface area contributed by atoms with Gasteiger partial charge in [-0.1, -0.05) is 48.5 Å². The zero-order valence-corrected chi connectivity index (χ0v) is 11.6. The Morgan fingerprint density at radius 3 is 2.15 bits per heavy atom. The van der Waals surface area contributed by atoms with Crippen LogP contribution < -0.4 is 4.74 Å². The fourth-order valence-corrected chi connectivity index (χ4v) is 1.86. The standard InChI is InChI=1S/C17H20O3/c1-14(19-13-15-8-4-2-5-9-15)17(12-18)20-16-10-6-3-7-11-16/h2-11,14,17-18H,12-13H2,1H3/t14-,17+/m1/s1. The summed E-state index contributed by atoms with van der Waals surface area (Å²) in [5, 5.41) is 9.45. The van der Waals surface area contributed by atoms with E-state index < -0.39 is 0 Å². The van der Waals surface area contributed by atoms with Gasteiger partial charge in [0.25, 0.3) is 0 Å². The number of aliphatic hydroxyl groups is 1. The van der Waals surface area contributed by atoms with Crippen LogP contribution in [-0.4, -0.2) is 23.9 Å². The zero-order chi connectivity index (χ0) is 14.2. The predicted molar refractivity (Wildman–Crippen MR) is 78.6 cm³/mol. The maximum absolute atomic E-state index is 9.45. The van der Waals surface area contributed by atoms with Crippen molar-refractivity contribution in [3.8, 4) is 5.75 Å². The molecule has 0 unspecified atom stereocenters. The van der Waals surface area contributed by atoms with Crippen LogP contribution in [0.2, 0.25) is 0 Å². The molecule has 0 aromatic heterocycles. The maximum atomic E-state index is 9.45. The number of rotatable bonds is 7. The topological polar surface area (TPSA) is 38.7 Å². The lowest BCUT2D eigenvalue weighted by molar-refractivity contribution is -0.0435. The van der Waals surface area contributed by atoms with E-state index in [4.69, 9.17) is 9.47 Å². The summed E-state index contributed by atoms with van der Waals surface area (Å²) < 4.78 is 11.5. The highest BCUT2D eigenvalue weighted by Crippen LogP contribution is 2.14. The first-order valence-corrected chi connectivity index (χ1v) is 6.77. The lowest BCUT2D eigenvalue weighted by atomic mass is 10.2. The van der Waals surface area contributed by atoms with Crippen LogP contribution in [0.4, 0.5) is 0 Å². The summed E-state index contributed by atoms with van der Waals surface area (Å²) >= 11 is 0. The van der Waals surface area contributed by atoms with Crippen molar-refractivity contribution >= 4 is 0 Å². The van der Waals surface area contributed by atoms with Crippen molar-refractivity contribution in [3.05, 3.63) is 66.2 Å². The number of para-hydroxylation sites is 1. The van der Waals surface area contributed by atoms with Gasteiger partial charge in [0.2, 0.25) is 0 Å². The predicted octanol–water partition coefficient (Wildman–Crippen LogP) is 3.03. The molecule has 3 heteroatoms. The smallest absolute Gasteiger partial charge is 0.147 e. The lowest BCUT2D eigenvalue weighted by Crippen LogP contribution is -2.35. The van der Waals surface area contributed by atoms with Crippen LogP contribution in [0.25, 0.3) is 0 Å². The highest BCUT2D eigenvalue weighted by Gasteiger charge is 2.19. The van der Waals surface area contributed by atoms with Crippen LogP contribution in [-0.2, 0) is 11.3 Å². The Morgan fingerprint density at radius 1 is 0.950 bits per heavy atom. The third kappa shape index (κ3) is 4.37. The highest BCUT2D eigenvalue weighted by molar-refractivity contribution is 5.21. The van der Waals surface area contributed by atoms with Crippen molar-refractivity contribution in [3.63, 3.8) is 0 Å². The summed E-state index contributed by atoms with van der Waals surface area (Å²) in [5.74, 6) is 0.738. The van der Waals surface area contributed by atoms with E-state index in [9.17, 15) is 5.11 Å². The lowest BCUT2D eigenvalue weighted by Gasteiger charge is -2.23. The summed E-state index contributed by atoms with van der Waals surface area (Å²) in [6, 6.07) is 19.4. The van der Waals surface area contributed by atoms with Crippen LogP contribution in [0.5, 0.6) is 5.75 Å². The molecule has 1 N–H and O–H groups in total. The van der Waals surface area contributed by atoms with E-state index in [0.717, 1.165) is 11.3 Å². The molecular formula is C17H20O3. The average molecular weight is 272 g/mol. The molecule has 2 aromatic carbocycles. The molecule has 20 heavy (non-hydrogen) atoms. The van der Waals surface area contributed by atoms with Crippen LogP contribution in [0.15, 0.2) is 60.7 Å². The third-order valence-electron chi connectivity index (χ3n) is 3.09. The van der Waals surface area contributed by atoms with Crippen molar-refractivity contribution in [1.29, 1.82) is 0 Å². The van der Waals surface area contributed by atoms with Crippen molar-refractivity contribution in [1.82, 2.24) is 0 Å². The molecule has 0 aliphatic carbocycles. The first-order chi connectivity index (χ1) is 9.79. The van der Waals surface area contributed by atoms with Crippen molar-refractivity contribution < 1.29 is 14.6 Å². The molecule has 106 valence electrons. The van der Waals surface area contributed by atoms with Gasteiger partial charge in [-0.2, -0.15) is 0 Å². The zero-order valence-electron chi connectivity index (χ0n) is 11.6. The molecule has 0 bridgehead atoms. The molecule has 0 saturated carbocycles. The summed E-state index contributed by atoms with van der Waals surface area (Å²) in [6.45, 7) is 2.34. The Morgan fingerprint density at radius 2 is 1.55 bits per heavy atom. The summed E-state index contributed by atoms with van der Waals surface area (Å²) in [7, 11) is 0. The Labute approximate surface area is 119 Å². The molecule has 3 nitrogen and oxygen atoms in total. The number of aliphatic hydroxyl groups excluding tert-OH is 1. The minimum Gasteiger partial charge on any atom is -0.485 e. The summed E-state index contributed by atoms with van der Waals surface area (Å²) in [4.78, 5) is 0. The minimum absolute atomic E-state index is 0.0785. The highest BCUT2D eigenvalue weighted by atomic mass is 16.5. The molecule has 0 radical (unpaired) electrons. The number of benzene rings is 2. The number of hydrogen-bond donors (Lipinski definition) is 1. The van der Waals surface area contributed by atoms with Gasteiger partial charge in [0, 0.05) is 0 Å². The van der Waals surface area contributed by atoms with E-state index in [1.54, 1.807) is 0 Å².